The number of rotatable bonds is 5. The fraction of sp³-hybridized carbons (Fsp3) is 0.385. The van der Waals surface area contributed by atoms with Gasteiger partial charge in [0.25, 0.3) is 0 Å². The zero-order valence-corrected chi connectivity index (χ0v) is 10.1. The summed E-state index contributed by atoms with van der Waals surface area (Å²) < 4.78 is 0. The molecule has 0 bridgehead atoms. The Morgan fingerprint density at radius 3 is 2.50 bits per heavy atom. The maximum Gasteiger partial charge on any atom is 0.0644 e. The maximum absolute atomic E-state index is 5.98. The van der Waals surface area contributed by atoms with Crippen LogP contribution < -0.4 is 16.4 Å². The Bertz CT molecular complexity index is 358. The second-order valence-electron chi connectivity index (χ2n) is 4.13. The van der Waals surface area contributed by atoms with Crippen molar-refractivity contribution >= 4 is 11.4 Å². The number of hydrogen-bond donors (Lipinski definition) is 2. The molecule has 0 saturated carbocycles. The quantitative estimate of drug-likeness (QED) is 0.747. The molecule has 0 fully saturated rings. The molecule has 16 heavy (non-hydrogen) atoms. The van der Waals surface area contributed by atoms with E-state index in [2.05, 4.69) is 25.3 Å². The molecular weight excluding hydrogens is 198 g/mol. The molecule has 0 unspecified atom stereocenters. The first-order valence-electron chi connectivity index (χ1n) is 5.59. The minimum absolute atomic E-state index is 0.323. The number of anilines is 2. The minimum Gasteiger partial charge on any atom is -0.397 e. The highest BCUT2D eigenvalue weighted by Crippen LogP contribution is 2.28. The monoisotopic (exact) mass is 219 g/mol. The predicted octanol–water partition coefficient (Wildman–Crippen LogP) is 2.35. The summed E-state index contributed by atoms with van der Waals surface area (Å²) in [6.45, 7) is 8.92. The van der Waals surface area contributed by atoms with Crippen LogP contribution >= 0.6 is 0 Å². The molecule has 4 N–H and O–H groups in total. The van der Waals surface area contributed by atoms with Crippen molar-refractivity contribution in [2.24, 2.45) is 5.73 Å². The van der Waals surface area contributed by atoms with E-state index < -0.39 is 0 Å². The topological polar surface area (TPSA) is 55.3 Å². The lowest BCUT2D eigenvalue weighted by atomic mass is 10.1. The Kier molecular flexibility index (Phi) is 4.38. The molecule has 0 heterocycles. The van der Waals surface area contributed by atoms with E-state index in [-0.39, 0.29) is 0 Å². The van der Waals surface area contributed by atoms with Crippen LogP contribution in [-0.2, 0) is 0 Å². The molecule has 0 radical (unpaired) electrons. The van der Waals surface area contributed by atoms with Crippen molar-refractivity contribution in [3.63, 3.8) is 0 Å². The number of nitrogen functional groups attached to an aromatic ring is 1. The molecule has 1 aromatic carbocycles. The zero-order valence-electron chi connectivity index (χ0n) is 10.1. The zero-order chi connectivity index (χ0) is 12.1. The van der Waals surface area contributed by atoms with Gasteiger partial charge < -0.3 is 16.4 Å². The maximum atomic E-state index is 5.98. The lowest BCUT2D eigenvalue weighted by molar-refractivity contribution is 0.726. The van der Waals surface area contributed by atoms with Crippen LogP contribution in [0.25, 0.3) is 0 Å². The van der Waals surface area contributed by atoms with Gasteiger partial charge in [-0.25, -0.2) is 0 Å². The van der Waals surface area contributed by atoms with Crippen molar-refractivity contribution < 1.29 is 0 Å². The largest absolute Gasteiger partial charge is 0.397 e. The molecule has 0 saturated heterocycles. The van der Waals surface area contributed by atoms with E-state index in [1.54, 1.807) is 0 Å². The SMILES string of the molecule is C=C(CCN)N(c1ccccc1N)C(C)C. The Hall–Kier alpha value is -1.48. The Balaban J connectivity index is 3.03. The van der Waals surface area contributed by atoms with Crippen LogP contribution in [0.3, 0.4) is 0 Å². The first-order chi connectivity index (χ1) is 7.57. The van der Waals surface area contributed by atoms with Crippen LogP contribution in [0.1, 0.15) is 20.3 Å². The molecule has 1 aromatic rings. The third-order valence-corrected chi connectivity index (χ3v) is 2.49. The van der Waals surface area contributed by atoms with E-state index in [9.17, 15) is 0 Å². The number of nitrogens with zero attached hydrogens (tertiary/aromatic N) is 1. The lowest BCUT2D eigenvalue weighted by Crippen LogP contribution is -2.31. The highest BCUT2D eigenvalue weighted by Gasteiger charge is 2.15. The lowest BCUT2D eigenvalue weighted by Gasteiger charge is -2.31. The Morgan fingerprint density at radius 2 is 2.00 bits per heavy atom. The van der Waals surface area contributed by atoms with Crippen LogP contribution in [0, 0.1) is 0 Å². The second kappa shape index (κ2) is 5.56. The van der Waals surface area contributed by atoms with Gasteiger partial charge in [-0.05, 0) is 38.9 Å². The van der Waals surface area contributed by atoms with Gasteiger partial charge in [-0.1, -0.05) is 18.7 Å². The van der Waals surface area contributed by atoms with Gasteiger partial charge in [0.1, 0.15) is 0 Å². The average Bonchev–Trinajstić information content (AvgIpc) is 2.21. The van der Waals surface area contributed by atoms with Gasteiger partial charge in [0, 0.05) is 11.7 Å². The van der Waals surface area contributed by atoms with E-state index in [0.717, 1.165) is 23.5 Å². The molecule has 0 amide bonds. The summed E-state index contributed by atoms with van der Waals surface area (Å²) in [5.74, 6) is 0. The molecule has 3 nitrogen and oxygen atoms in total. The van der Waals surface area contributed by atoms with Crippen LogP contribution in [0.5, 0.6) is 0 Å². The van der Waals surface area contributed by atoms with Gasteiger partial charge in [-0.3, -0.25) is 0 Å². The van der Waals surface area contributed by atoms with Crippen LogP contribution in [-0.4, -0.2) is 12.6 Å². The summed E-state index contributed by atoms with van der Waals surface area (Å²) in [7, 11) is 0. The average molecular weight is 219 g/mol. The summed E-state index contributed by atoms with van der Waals surface area (Å²) in [4.78, 5) is 2.14. The third-order valence-electron chi connectivity index (χ3n) is 2.49. The highest BCUT2D eigenvalue weighted by molar-refractivity contribution is 5.70. The summed E-state index contributed by atoms with van der Waals surface area (Å²) >= 11 is 0. The van der Waals surface area contributed by atoms with Gasteiger partial charge in [0.15, 0.2) is 0 Å². The first-order valence-corrected chi connectivity index (χ1v) is 5.59. The summed E-state index contributed by atoms with van der Waals surface area (Å²) in [6, 6.07) is 8.15. The molecular formula is C13H21N3. The van der Waals surface area contributed by atoms with Crippen LogP contribution in [0.2, 0.25) is 0 Å². The molecule has 0 spiro atoms. The molecule has 88 valence electrons. The molecule has 0 aliphatic heterocycles. The number of nitrogens with two attached hydrogens (primary N) is 2. The molecule has 0 aliphatic carbocycles. The number of para-hydroxylation sites is 2. The van der Waals surface area contributed by atoms with Crippen LogP contribution in [0.15, 0.2) is 36.5 Å². The van der Waals surface area contributed by atoms with Crippen molar-refractivity contribution in [1.82, 2.24) is 0 Å². The highest BCUT2D eigenvalue weighted by atomic mass is 15.2. The van der Waals surface area contributed by atoms with E-state index in [1.165, 1.54) is 0 Å². The molecule has 1 rings (SSSR count). The number of hydrogen-bond acceptors (Lipinski definition) is 3. The van der Waals surface area contributed by atoms with Crippen molar-refractivity contribution in [3.05, 3.63) is 36.5 Å². The molecule has 0 aliphatic rings. The fourth-order valence-corrected chi connectivity index (χ4v) is 1.81. The predicted molar refractivity (Wildman–Crippen MR) is 71.3 cm³/mol. The minimum atomic E-state index is 0.323. The Labute approximate surface area is 97.7 Å². The second-order valence-corrected chi connectivity index (χ2v) is 4.13. The van der Waals surface area contributed by atoms with Crippen molar-refractivity contribution in [3.8, 4) is 0 Å². The first kappa shape index (κ1) is 12.6. The smallest absolute Gasteiger partial charge is 0.0644 e. The Morgan fingerprint density at radius 1 is 1.38 bits per heavy atom. The van der Waals surface area contributed by atoms with Crippen molar-refractivity contribution in [2.45, 2.75) is 26.3 Å². The summed E-state index contributed by atoms with van der Waals surface area (Å²) in [6.07, 6.45) is 0.784. The summed E-state index contributed by atoms with van der Waals surface area (Å²) in [5, 5.41) is 0. The van der Waals surface area contributed by atoms with E-state index >= 15 is 0 Å². The van der Waals surface area contributed by atoms with Gasteiger partial charge in [-0.15, -0.1) is 0 Å². The van der Waals surface area contributed by atoms with Gasteiger partial charge in [0.05, 0.1) is 11.4 Å². The molecule has 0 aromatic heterocycles. The fourth-order valence-electron chi connectivity index (χ4n) is 1.81. The van der Waals surface area contributed by atoms with E-state index in [0.29, 0.717) is 12.6 Å². The molecule has 3 heteroatoms. The van der Waals surface area contributed by atoms with Crippen molar-refractivity contribution in [2.75, 3.05) is 17.2 Å². The van der Waals surface area contributed by atoms with Gasteiger partial charge >= 0.3 is 0 Å². The van der Waals surface area contributed by atoms with Gasteiger partial charge in [0.2, 0.25) is 0 Å². The molecule has 0 atom stereocenters. The summed E-state index contributed by atoms with van der Waals surface area (Å²) in [5.41, 5.74) is 14.3. The van der Waals surface area contributed by atoms with E-state index in [4.69, 9.17) is 11.5 Å². The third kappa shape index (κ3) is 2.76. The standard InChI is InChI=1S/C13H21N3/c1-10(2)16(11(3)8-9-14)13-7-5-4-6-12(13)15/h4-7,10H,3,8-9,14-15H2,1-2H3. The number of benzene rings is 1. The normalized spacial score (nSPS) is 10.5. The van der Waals surface area contributed by atoms with Gasteiger partial charge in [-0.2, -0.15) is 0 Å². The van der Waals surface area contributed by atoms with E-state index in [1.807, 2.05) is 24.3 Å². The van der Waals surface area contributed by atoms with Crippen molar-refractivity contribution in [1.29, 1.82) is 0 Å². The van der Waals surface area contributed by atoms with Crippen LogP contribution in [0.4, 0.5) is 11.4 Å².